The molecule has 0 unspecified atom stereocenters. The van der Waals surface area contributed by atoms with Crippen molar-refractivity contribution in [1.29, 1.82) is 0 Å². The Morgan fingerprint density at radius 1 is 1.18 bits per heavy atom. The second-order valence-electron chi connectivity index (χ2n) is 10.6. The fraction of sp³-hybridized carbons (Fsp3) is 0.448. The van der Waals surface area contributed by atoms with E-state index in [9.17, 15) is 19.5 Å². The van der Waals surface area contributed by atoms with E-state index in [0.717, 1.165) is 34.9 Å². The molecule has 3 aromatic rings. The number of esters is 1. The number of fused-ring (bicyclic) bond motifs is 5. The lowest BCUT2D eigenvalue weighted by molar-refractivity contribution is -0.172. The molecule has 198 valence electrons. The fourth-order valence-corrected chi connectivity index (χ4v) is 5.96. The van der Waals surface area contributed by atoms with E-state index in [1.54, 1.807) is 28.5 Å². The van der Waals surface area contributed by atoms with Crippen LogP contribution in [0.5, 0.6) is 5.75 Å². The Bertz CT molecular complexity index is 1550. The van der Waals surface area contributed by atoms with Gasteiger partial charge in [-0.15, -0.1) is 0 Å². The maximum atomic E-state index is 13.5. The van der Waals surface area contributed by atoms with Gasteiger partial charge >= 0.3 is 12.1 Å². The van der Waals surface area contributed by atoms with Crippen LogP contribution in [0.4, 0.5) is 4.79 Å². The molecular weight excluding hydrogens is 486 g/mol. The van der Waals surface area contributed by atoms with Crippen molar-refractivity contribution in [2.24, 2.45) is 5.92 Å². The third-order valence-corrected chi connectivity index (χ3v) is 8.38. The maximum Gasteiger partial charge on any atom is 0.415 e. The number of likely N-dealkylation sites (tertiary alicyclic amines) is 1. The Morgan fingerprint density at radius 2 is 1.95 bits per heavy atom. The molecule has 1 N–H and O–H groups in total. The van der Waals surface area contributed by atoms with E-state index in [4.69, 9.17) is 14.5 Å². The number of hydrogen-bond donors (Lipinski definition) is 1. The van der Waals surface area contributed by atoms with Crippen molar-refractivity contribution in [3.63, 3.8) is 0 Å². The molecule has 0 radical (unpaired) electrons. The summed E-state index contributed by atoms with van der Waals surface area (Å²) in [6.45, 7) is 7.49. The number of nitrogens with zero attached hydrogens (tertiary/aromatic N) is 3. The molecule has 6 rings (SSSR count). The summed E-state index contributed by atoms with van der Waals surface area (Å²) in [7, 11) is 0. The van der Waals surface area contributed by atoms with Gasteiger partial charge in [0.05, 0.1) is 29.0 Å². The minimum atomic E-state index is -1.86. The monoisotopic (exact) mass is 517 g/mol. The van der Waals surface area contributed by atoms with Crippen molar-refractivity contribution in [3.8, 4) is 17.1 Å². The van der Waals surface area contributed by atoms with Crippen LogP contribution in [0.2, 0.25) is 0 Å². The number of aliphatic hydroxyl groups is 1. The van der Waals surface area contributed by atoms with Crippen molar-refractivity contribution in [3.05, 3.63) is 56.9 Å². The van der Waals surface area contributed by atoms with Crippen LogP contribution < -0.4 is 10.3 Å². The molecule has 1 atom stereocenters. The largest absolute Gasteiger partial charge is 0.458 e. The highest BCUT2D eigenvalue weighted by atomic mass is 16.6. The number of piperidine rings is 1. The van der Waals surface area contributed by atoms with Crippen molar-refractivity contribution < 1.29 is 24.2 Å². The average molecular weight is 518 g/mol. The van der Waals surface area contributed by atoms with Gasteiger partial charge in [0.15, 0.2) is 5.60 Å². The normalized spacial score (nSPS) is 20.6. The Kier molecular flexibility index (Phi) is 5.79. The molecule has 0 spiro atoms. The number of amides is 1. The number of rotatable bonds is 3. The lowest BCUT2D eigenvalue weighted by Gasteiger charge is -2.31. The molecular formula is C29H31N3O6. The van der Waals surface area contributed by atoms with Gasteiger partial charge in [0.1, 0.15) is 12.4 Å². The lowest BCUT2D eigenvalue weighted by Crippen LogP contribution is -2.44. The summed E-state index contributed by atoms with van der Waals surface area (Å²) in [5, 5.41) is 12.0. The smallest absolute Gasteiger partial charge is 0.415 e. The Balaban J connectivity index is 1.41. The third-order valence-electron chi connectivity index (χ3n) is 8.38. The predicted molar refractivity (Wildman–Crippen MR) is 140 cm³/mol. The fourth-order valence-electron chi connectivity index (χ4n) is 5.96. The Labute approximate surface area is 220 Å². The van der Waals surface area contributed by atoms with Gasteiger partial charge in [0.25, 0.3) is 5.56 Å². The number of aromatic nitrogens is 2. The molecule has 1 amide bonds. The number of carbonyl (C=O) groups excluding carboxylic acids is 2. The highest BCUT2D eigenvalue weighted by molar-refractivity contribution is 5.90. The first-order valence-electron chi connectivity index (χ1n) is 13.3. The van der Waals surface area contributed by atoms with E-state index < -0.39 is 11.6 Å². The second kappa shape index (κ2) is 8.94. The number of hydrogen-bond acceptors (Lipinski definition) is 7. The number of cyclic esters (lactones) is 1. The Morgan fingerprint density at radius 3 is 2.66 bits per heavy atom. The van der Waals surface area contributed by atoms with Gasteiger partial charge in [-0.05, 0) is 61.4 Å². The summed E-state index contributed by atoms with van der Waals surface area (Å²) >= 11 is 0. The second-order valence-corrected chi connectivity index (χ2v) is 10.6. The van der Waals surface area contributed by atoms with E-state index in [-0.39, 0.29) is 24.7 Å². The summed E-state index contributed by atoms with van der Waals surface area (Å²) < 4.78 is 12.5. The van der Waals surface area contributed by atoms with Crippen LogP contribution in [0.25, 0.3) is 22.3 Å². The van der Waals surface area contributed by atoms with Crippen LogP contribution in [0.3, 0.4) is 0 Å². The molecule has 3 aliphatic rings. The molecule has 0 bridgehead atoms. The molecule has 1 saturated heterocycles. The highest BCUT2D eigenvalue weighted by Gasteiger charge is 2.45. The molecule has 38 heavy (non-hydrogen) atoms. The first-order valence-corrected chi connectivity index (χ1v) is 13.3. The van der Waals surface area contributed by atoms with Gasteiger partial charge in [0, 0.05) is 29.6 Å². The van der Waals surface area contributed by atoms with Crippen LogP contribution in [0.15, 0.2) is 29.1 Å². The molecule has 1 aromatic carbocycles. The summed E-state index contributed by atoms with van der Waals surface area (Å²) in [6, 6.07) is 7.15. The van der Waals surface area contributed by atoms with Crippen LogP contribution in [0, 0.1) is 5.92 Å². The standard InChI is InChI=1S/C29H31N3O6/c1-4-18-19-12-17(38-28(35)31-10-8-16(3)9-11-31)6-7-23(19)30-25-20(18)14-32-24(25)13-22-21(26(32)33)15-37-27(34)29(22,36)5-2/h6-7,12-13,16,36H,4-5,8-11,14-15H2,1-3H3/t29-/m0/s1. The van der Waals surface area contributed by atoms with Gasteiger partial charge in [-0.3, -0.25) is 4.79 Å². The zero-order valence-electron chi connectivity index (χ0n) is 21.9. The molecule has 1 fully saturated rings. The van der Waals surface area contributed by atoms with Crippen molar-refractivity contribution in [2.75, 3.05) is 13.1 Å². The summed E-state index contributed by atoms with van der Waals surface area (Å²) in [5.74, 6) is 0.340. The van der Waals surface area contributed by atoms with E-state index in [2.05, 4.69) is 6.92 Å². The zero-order valence-corrected chi connectivity index (χ0v) is 21.9. The quantitative estimate of drug-likeness (QED) is 0.411. The predicted octanol–water partition coefficient (Wildman–Crippen LogP) is 3.87. The van der Waals surface area contributed by atoms with E-state index in [1.165, 1.54) is 0 Å². The van der Waals surface area contributed by atoms with Crippen LogP contribution in [-0.4, -0.2) is 44.7 Å². The van der Waals surface area contributed by atoms with E-state index >= 15 is 0 Å². The molecule has 0 saturated carbocycles. The molecule has 3 aliphatic heterocycles. The average Bonchev–Trinajstić information content (AvgIpc) is 3.28. The molecule has 9 heteroatoms. The van der Waals surface area contributed by atoms with Gasteiger partial charge in [-0.2, -0.15) is 0 Å². The van der Waals surface area contributed by atoms with Crippen molar-refractivity contribution in [1.82, 2.24) is 14.5 Å². The number of aryl methyl sites for hydroxylation is 1. The molecule has 9 nitrogen and oxygen atoms in total. The summed E-state index contributed by atoms with van der Waals surface area (Å²) in [6.07, 6.45) is 2.39. The minimum Gasteiger partial charge on any atom is -0.458 e. The molecule has 5 heterocycles. The topological polar surface area (TPSA) is 111 Å². The van der Waals surface area contributed by atoms with Crippen molar-refractivity contribution >= 4 is 23.0 Å². The number of ether oxygens (including phenoxy) is 2. The minimum absolute atomic E-state index is 0.0951. The zero-order chi connectivity index (χ0) is 26.8. The number of benzene rings is 1. The van der Waals surface area contributed by atoms with Gasteiger partial charge in [0.2, 0.25) is 0 Å². The first kappa shape index (κ1) is 24.6. The first-order chi connectivity index (χ1) is 18.2. The van der Waals surface area contributed by atoms with E-state index in [1.807, 2.05) is 19.1 Å². The number of pyridine rings is 2. The highest BCUT2D eigenvalue weighted by Crippen LogP contribution is 2.40. The van der Waals surface area contributed by atoms with Gasteiger partial charge in [-0.25, -0.2) is 14.6 Å². The van der Waals surface area contributed by atoms with Gasteiger partial charge < -0.3 is 24.0 Å². The van der Waals surface area contributed by atoms with Crippen molar-refractivity contribution in [2.45, 2.75) is 65.2 Å². The summed E-state index contributed by atoms with van der Waals surface area (Å²) in [4.78, 5) is 45.3. The SMILES string of the molecule is CCc1c2c(nc3ccc(OC(=O)N4CCC(C)CC4)cc13)-c1cc3c(c(=O)n1C2)COC(=O)[C@]3(O)CC. The summed E-state index contributed by atoms with van der Waals surface area (Å²) in [5.41, 5.74) is 2.36. The van der Waals surface area contributed by atoms with Crippen LogP contribution in [0.1, 0.15) is 62.3 Å². The Hall–Kier alpha value is -3.72. The van der Waals surface area contributed by atoms with Crippen LogP contribution in [-0.2, 0) is 34.7 Å². The molecule has 0 aliphatic carbocycles. The maximum absolute atomic E-state index is 13.5. The van der Waals surface area contributed by atoms with Crippen LogP contribution >= 0.6 is 0 Å². The lowest BCUT2D eigenvalue weighted by atomic mass is 9.86. The van der Waals surface area contributed by atoms with E-state index in [0.29, 0.717) is 60.2 Å². The van der Waals surface area contributed by atoms with Gasteiger partial charge in [-0.1, -0.05) is 20.8 Å². The molecule has 2 aromatic heterocycles. The third kappa shape index (κ3) is 3.63. The number of carbonyl (C=O) groups is 2.